The summed E-state index contributed by atoms with van der Waals surface area (Å²) in [6.07, 6.45) is 5.09. The number of carbonyl (C=O) groups is 2. The van der Waals surface area contributed by atoms with Crippen LogP contribution in [-0.2, 0) is 10.2 Å². The van der Waals surface area contributed by atoms with Gasteiger partial charge in [-0.25, -0.2) is 4.39 Å². The third kappa shape index (κ3) is 6.45. The SMILES string of the molecule is CC(C)(C)c1ccc(C(=O)N2CCC(COc3ccc(F)cc3)(CC(=O)N3CCCCC3)CC2)cc1. The molecule has 2 amide bonds. The topological polar surface area (TPSA) is 49.9 Å². The van der Waals surface area contributed by atoms with Gasteiger partial charge in [-0.05, 0) is 79.5 Å². The van der Waals surface area contributed by atoms with E-state index in [0.29, 0.717) is 50.3 Å². The van der Waals surface area contributed by atoms with Crippen LogP contribution >= 0.6 is 0 Å². The summed E-state index contributed by atoms with van der Waals surface area (Å²) in [5.74, 6) is 0.499. The lowest BCUT2D eigenvalue weighted by Crippen LogP contribution is -2.48. The monoisotopic (exact) mass is 494 g/mol. The van der Waals surface area contributed by atoms with Crippen LogP contribution < -0.4 is 4.74 Å². The molecule has 2 saturated heterocycles. The second-order valence-electron chi connectivity index (χ2n) is 11.5. The number of piperidine rings is 2. The quantitative estimate of drug-likeness (QED) is 0.508. The lowest BCUT2D eigenvalue weighted by molar-refractivity contribution is -0.136. The lowest BCUT2D eigenvalue weighted by atomic mass is 9.75. The predicted molar refractivity (Wildman–Crippen MR) is 140 cm³/mol. The van der Waals surface area contributed by atoms with E-state index < -0.39 is 0 Å². The van der Waals surface area contributed by atoms with E-state index >= 15 is 0 Å². The Morgan fingerprint density at radius 1 is 0.861 bits per heavy atom. The number of halogens is 1. The minimum absolute atomic E-state index is 0.0332. The first-order chi connectivity index (χ1) is 17.2. The molecule has 36 heavy (non-hydrogen) atoms. The van der Waals surface area contributed by atoms with Crippen molar-refractivity contribution in [2.45, 2.75) is 64.7 Å². The van der Waals surface area contributed by atoms with Crippen molar-refractivity contribution < 1.29 is 18.7 Å². The summed E-state index contributed by atoms with van der Waals surface area (Å²) >= 11 is 0. The number of hydrogen-bond acceptors (Lipinski definition) is 3. The third-order valence-corrected chi connectivity index (χ3v) is 7.70. The maximum atomic E-state index is 13.3. The van der Waals surface area contributed by atoms with Gasteiger partial charge in [0.15, 0.2) is 0 Å². The summed E-state index contributed by atoms with van der Waals surface area (Å²) in [7, 11) is 0. The maximum Gasteiger partial charge on any atom is 0.253 e. The van der Waals surface area contributed by atoms with Gasteiger partial charge >= 0.3 is 0 Å². The highest BCUT2D eigenvalue weighted by molar-refractivity contribution is 5.94. The molecular formula is C30H39FN2O3. The van der Waals surface area contributed by atoms with Crippen LogP contribution in [0.2, 0.25) is 0 Å². The van der Waals surface area contributed by atoms with Crippen LogP contribution in [0.3, 0.4) is 0 Å². The van der Waals surface area contributed by atoms with Gasteiger partial charge < -0.3 is 14.5 Å². The molecular weight excluding hydrogens is 455 g/mol. The Morgan fingerprint density at radius 2 is 1.47 bits per heavy atom. The highest BCUT2D eigenvalue weighted by Crippen LogP contribution is 2.37. The van der Waals surface area contributed by atoms with Crippen LogP contribution in [0, 0.1) is 11.2 Å². The number of ether oxygens (including phenoxy) is 1. The first-order valence-corrected chi connectivity index (χ1v) is 13.2. The Labute approximate surface area is 214 Å². The molecule has 6 heteroatoms. The van der Waals surface area contributed by atoms with E-state index in [0.717, 1.165) is 25.9 Å². The van der Waals surface area contributed by atoms with Crippen molar-refractivity contribution in [2.24, 2.45) is 5.41 Å². The average molecular weight is 495 g/mol. The number of carbonyl (C=O) groups excluding carboxylic acids is 2. The fraction of sp³-hybridized carbons (Fsp3) is 0.533. The van der Waals surface area contributed by atoms with Gasteiger partial charge in [-0.2, -0.15) is 0 Å². The van der Waals surface area contributed by atoms with Gasteiger partial charge in [0.1, 0.15) is 11.6 Å². The van der Waals surface area contributed by atoms with Crippen LogP contribution in [0.5, 0.6) is 5.75 Å². The van der Waals surface area contributed by atoms with E-state index in [9.17, 15) is 14.0 Å². The number of rotatable bonds is 6. The van der Waals surface area contributed by atoms with Gasteiger partial charge in [0, 0.05) is 43.6 Å². The molecule has 2 aliphatic heterocycles. The zero-order chi connectivity index (χ0) is 25.8. The Morgan fingerprint density at radius 3 is 2.06 bits per heavy atom. The molecule has 0 atom stereocenters. The summed E-state index contributed by atoms with van der Waals surface area (Å²) in [5.41, 5.74) is 1.58. The minimum atomic E-state index is -0.351. The lowest BCUT2D eigenvalue weighted by Gasteiger charge is -2.42. The molecule has 5 nitrogen and oxygen atoms in total. The standard InChI is InChI=1S/C30H39FN2O3/c1-29(2,3)24-9-7-23(8-10-24)28(35)33-19-15-30(16-20-33,21-27(34)32-17-5-4-6-18-32)22-36-26-13-11-25(31)12-14-26/h7-14H,4-6,15-22H2,1-3H3. The molecule has 2 aromatic rings. The zero-order valence-electron chi connectivity index (χ0n) is 21.9. The van der Waals surface area contributed by atoms with Crippen molar-refractivity contribution >= 4 is 11.8 Å². The van der Waals surface area contributed by atoms with Crippen LogP contribution in [-0.4, -0.2) is 54.4 Å². The second-order valence-corrected chi connectivity index (χ2v) is 11.5. The Kier molecular flexibility index (Phi) is 8.01. The van der Waals surface area contributed by atoms with E-state index in [1.165, 1.54) is 24.1 Å². The number of benzene rings is 2. The van der Waals surface area contributed by atoms with E-state index in [2.05, 4.69) is 20.8 Å². The van der Waals surface area contributed by atoms with Gasteiger partial charge in [-0.3, -0.25) is 9.59 Å². The molecule has 0 spiro atoms. The average Bonchev–Trinajstić information content (AvgIpc) is 2.88. The van der Waals surface area contributed by atoms with Crippen LogP contribution in [0.15, 0.2) is 48.5 Å². The fourth-order valence-electron chi connectivity index (χ4n) is 5.19. The zero-order valence-corrected chi connectivity index (χ0v) is 21.9. The molecule has 0 aliphatic carbocycles. The van der Waals surface area contributed by atoms with Crippen molar-refractivity contribution in [3.8, 4) is 5.75 Å². The number of nitrogens with zero attached hydrogens (tertiary/aromatic N) is 2. The molecule has 0 N–H and O–H groups in total. The molecule has 4 rings (SSSR count). The molecule has 0 bridgehead atoms. The highest BCUT2D eigenvalue weighted by atomic mass is 19.1. The Balaban J connectivity index is 1.44. The number of hydrogen-bond donors (Lipinski definition) is 0. The molecule has 0 saturated carbocycles. The van der Waals surface area contributed by atoms with Crippen LogP contribution in [0.25, 0.3) is 0 Å². The predicted octanol–water partition coefficient (Wildman–Crippen LogP) is 5.83. The molecule has 0 aromatic heterocycles. The number of likely N-dealkylation sites (tertiary alicyclic amines) is 2. The van der Waals surface area contributed by atoms with Crippen LogP contribution in [0.1, 0.15) is 75.2 Å². The highest BCUT2D eigenvalue weighted by Gasteiger charge is 2.40. The smallest absolute Gasteiger partial charge is 0.253 e. The summed E-state index contributed by atoms with van der Waals surface area (Å²) in [6, 6.07) is 13.9. The molecule has 194 valence electrons. The summed E-state index contributed by atoms with van der Waals surface area (Å²) in [6.45, 7) is 9.67. The summed E-state index contributed by atoms with van der Waals surface area (Å²) in [5, 5.41) is 0. The fourth-order valence-corrected chi connectivity index (χ4v) is 5.19. The Hall–Kier alpha value is -2.89. The van der Waals surface area contributed by atoms with E-state index in [1.54, 1.807) is 12.1 Å². The summed E-state index contributed by atoms with van der Waals surface area (Å²) < 4.78 is 19.4. The largest absolute Gasteiger partial charge is 0.493 e. The molecule has 2 fully saturated rings. The van der Waals surface area contributed by atoms with Gasteiger partial charge in [-0.1, -0.05) is 32.9 Å². The van der Waals surface area contributed by atoms with E-state index in [1.807, 2.05) is 34.1 Å². The minimum Gasteiger partial charge on any atom is -0.493 e. The summed E-state index contributed by atoms with van der Waals surface area (Å²) in [4.78, 5) is 30.3. The van der Waals surface area contributed by atoms with Gasteiger partial charge in [0.25, 0.3) is 5.91 Å². The van der Waals surface area contributed by atoms with Gasteiger partial charge in [-0.15, -0.1) is 0 Å². The normalized spacial score (nSPS) is 18.1. The van der Waals surface area contributed by atoms with E-state index in [4.69, 9.17) is 4.74 Å². The Bertz CT molecular complexity index is 1030. The number of amides is 2. The van der Waals surface area contributed by atoms with Crippen molar-refractivity contribution in [3.05, 3.63) is 65.5 Å². The van der Waals surface area contributed by atoms with Gasteiger partial charge in [0.05, 0.1) is 6.61 Å². The maximum absolute atomic E-state index is 13.3. The van der Waals surface area contributed by atoms with Crippen LogP contribution in [0.4, 0.5) is 4.39 Å². The van der Waals surface area contributed by atoms with E-state index in [-0.39, 0.29) is 28.5 Å². The molecule has 2 aliphatic rings. The third-order valence-electron chi connectivity index (χ3n) is 7.70. The van der Waals surface area contributed by atoms with Gasteiger partial charge in [0.2, 0.25) is 5.91 Å². The molecule has 0 radical (unpaired) electrons. The molecule has 2 heterocycles. The van der Waals surface area contributed by atoms with Crippen molar-refractivity contribution in [1.82, 2.24) is 9.80 Å². The van der Waals surface area contributed by atoms with Crippen molar-refractivity contribution in [1.29, 1.82) is 0 Å². The first kappa shape index (κ1) is 26.2. The van der Waals surface area contributed by atoms with Crippen molar-refractivity contribution in [3.63, 3.8) is 0 Å². The second kappa shape index (κ2) is 11.0. The van der Waals surface area contributed by atoms with Crippen molar-refractivity contribution in [2.75, 3.05) is 32.8 Å². The molecule has 2 aromatic carbocycles. The first-order valence-electron chi connectivity index (χ1n) is 13.2. The molecule has 0 unspecified atom stereocenters.